The van der Waals surface area contributed by atoms with Gasteiger partial charge in [-0.25, -0.2) is 4.68 Å². The third-order valence-electron chi connectivity index (χ3n) is 4.42. The summed E-state index contributed by atoms with van der Waals surface area (Å²) in [6, 6.07) is 12.7. The lowest BCUT2D eigenvalue weighted by molar-refractivity contribution is 0.716. The summed E-state index contributed by atoms with van der Waals surface area (Å²) in [4.78, 5) is 4.25. The van der Waals surface area contributed by atoms with Crippen molar-refractivity contribution in [1.82, 2.24) is 14.8 Å². The number of halogens is 1. The topological polar surface area (TPSA) is 30.7 Å². The monoisotopic (exact) mass is 353 g/mol. The molecule has 2 aromatic heterocycles. The molecule has 1 aromatic carbocycles. The third-order valence-corrected chi connectivity index (χ3v) is 4.86. The Balaban J connectivity index is 1.80. The Morgan fingerprint density at radius 1 is 1.18 bits per heavy atom. The number of fused-ring (bicyclic) bond motifs is 1. The molecule has 0 N–H and O–H groups in total. The third kappa shape index (κ3) is 2.18. The molecule has 1 unspecified atom stereocenters. The Bertz CT molecular complexity index is 824. The number of aromatic nitrogens is 3. The van der Waals surface area contributed by atoms with Gasteiger partial charge in [-0.1, -0.05) is 30.3 Å². The molecule has 0 spiro atoms. The molecule has 3 aromatic rings. The van der Waals surface area contributed by atoms with E-state index in [2.05, 4.69) is 64.2 Å². The van der Waals surface area contributed by atoms with E-state index in [1.165, 1.54) is 22.5 Å². The van der Waals surface area contributed by atoms with Crippen LogP contribution >= 0.6 is 15.9 Å². The first kappa shape index (κ1) is 13.7. The van der Waals surface area contributed by atoms with Gasteiger partial charge in [0.25, 0.3) is 0 Å². The van der Waals surface area contributed by atoms with Gasteiger partial charge in [0.2, 0.25) is 0 Å². The van der Waals surface area contributed by atoms with Crippen molar-refractivity contribution in [2.75, 3.05) is 0 Å². The van der Waals surface area contributed by atoms with Gasteiger partial charge >= 0.3 is 0 Å². The molecule has 3 nitrogen and oxygen atoms in total. The fourth-order valence-electron chi connectivity index (χ4n) is 3.35. The molecule has 1 aliphatic rings. The minimum Gasteiger partial charge on any atom is -0.261 e. The maximum Gasteiger partial charge on any atom is 0.0843 e. The van der Waals surface area contributed by atoms with Crippen LogP contribution in [0.2, 0.25) is 0 Å². The summed E-state index contributed by atoms with van der Waals surface area (Å²) in [5.41, 5.74) is 6.22. The summed E-state index contributed by atoms with van der Waals surface area (Å²) in [5.74, 6) is 0.413. The van der Waals surface area contributed by atoms with Crippen LogP contribution in [0.15, 0.2) is 53.3 Å². The highest BCUT2D eigenvalue weighted by molar-refractivity contribution is 9.10. The number of hydrogen-bond donors (Lipinski definition) is 0. The van der Waals surface area contributed by atoms with E-state index in [4.69, 9.17) is 5.10 Å². The van der Waals surface area contributed by atoms with Gasteiger partial charge in [-0.05, 0) is 52.9 Å². The molecule has 1 aliphatic carbocycles. The Kier molecular flexibility index (Phi) is 3.34. The van der Waals surface area contributed by atoms with E-state index < -0.39 is 0 Å². The van der Waals surface area contributed by atoms with Gasteiger partial charge in [-0.3, -0.25) is 4.98 Å². The summed E-state index contributed by atoms with van der Waals surface area (Å²) in [6.07, 6.45) is 5.91. The maximum atomic E-state index is 4.92. The Morgan fingerprint density at radius 2 is 2.00 bits per heavy atom. The molecular formula is C18H16BrN3. The van der Waals surface area contributed by atoms with Crippen LogP contribution in [0, 0.1) is 6.92 Å². The Labute approximate surface area is 138 Å². The van der Waals surface area contributed by atoms with Crippen molar-refractivity contribution in [1.29, 1.82) is 0 Å². The van der Waals surface area contributed by atoms with Gasteiger partial charge in [-0.2, -0.15) is 5.10 Å². The molecule has 1 atom stereocenters. The number of hydrogen-bond acceptors (Lipinski definition) is 2. The predicted octanol–water partition coefficient (Wildman–Crippen LogP) is 4.42. The second kappa shape index (κ2) is 5.36. The molecule has 22 heavy (non-hydrogen) atoms. The van der Waals surface area contributed by atoms with Crippen LogP contribution in [-0.4, -0.2) is 14.8 Å². The van der Waals surface area contributed by atoms with Gasteiger partial charge < -0.3 is 0 Å². The van der Waals surface area contributed by atoms with E-state index in [9.17, 15) is 0 Å². The highest BCUT2D eigenvalue weighted by atomic mass is 79.9. The van der Waals surface area contributed by atoms with Gasteiger partial charge in [0.15, 0.2) is 0 Å². The molecule has 2 heterocycles. The van der Waals surface area contributed by atoms with Gasteiger partial charge in [0, 0.05) is 22.3 Å². The van der Waals surface area contributed by atoms with Crippen LogP contribution in [0.3, 0.4) is 0 Å². The Morgan fingerprint density at radius 3 is 2.77 bits per heavy atom. The lowest BCUT2D eigenvalue weighted by atomic mass is 9.97. The minimum atomic E-state index is 0.413. The fraction of sp³-hybridized carbons (Fsp3) is 0.222. The minimum absolute atomic E-state index is 0.413. The van der Waals surface area contributed by atoms with Crippen molar-refractivity contribution < 1.29 is 0 Å². The molecule has 0 fully saturated rings. The zero-order chi connectivity index (χ0) is 15.1. The van der Waals surface area contributed by atoms with Crippen LogP contribution in [0.25, 0.3) is 5.69 Å². The molecule has 4 heteroatoms. The molecule has 0 aliphatic heterocycles. The van der Waals surface area contributed by atoms with Crippen LogP contribution in [-0.2, 0) is 6.42 Å². The molecule has 0 saturated carbocycles. The molecular weight excluding hydrogens is 338 g/mol. The Hall–Kier alpha value is -1.94. The summed E-state index contributed by atoms with van der Waals surface area (Å²) in [5, 5.41) is 4.92. The van der Waals surface area contributed by atoms with Crippen LogP contribution in [0.5, 0.6) is 0 Å². The van der Waals surface area contributed by atoms with Crippen molar-refractivity contribution in [3.63, 3.8) is 0 Å². The van der Waals surface area contributed by atoms with Crippen molar-refractivity contribution >= 4 is 15.9 Å². The van der Waals surface area contributed by atoms with Gasteiger partial charge in [0.05, 0.1) is 17.6 Å². The smallest absolute Gasteiger partial charge is 0.0843 e. The first-order valence-electron chi connectivity index (χ1n) is 7.48. The van der Waals surface area contributed by atoms with Gasteiger partial charge in [0.1, 0.15) is 0 Å². The highest BCUT2D eigenvalue weighted by Gasteiger charge is 2.30. The normalized spacial score (nSPS) is 16.7. The summed E-state index contributed by atoms with van der Waals surface area (Å²) < 4.78 is 3.00. The molecule has 0 saturated heterocycles. The van der Waals surface area contributed by atoms with Crippen molar-refractivity contribution in [3.05, 3.63) is 75.8 Å². The van der Waals surface area contributed by atoms with E-state index in [0.29, 0.717) is 5.92 Å². The molecule has 110 valence electrons. The average molecular weight is 354 g/mol. The number of nitrogens with zero attached hydrogens (tertiary/aromatic N) is 3. The van der Waals surface area contributed by atoms with E-state index in [1.54, 1.807) is 6.20 Å². The van der Waals surface area contributed by atoms with Gasteiger partial charge in [-0.15, -0.1) is 0 Å². The van der Waals surface area contributed by atoms with E-state index in [-0.39, 0.29) is 0 Å². The maximum absolute atomic E-state index is 4.92. The second-order valence-electron chi connectivity index (χ2n) is 5.72. The van der Waals surface area contributed by atoms with Crippen LogP contribution in [0.4, 0.5) is 0 Å². The number of pyridine rings is 1. The summed E-state index contributed by atoms with van der Waals surface area (Å²) >= 11 is 3.49. The van der Waals surface area contributed by atoms with E-state index in [1.807, 2.05) is 10.9 Å². The first-order valence-corrected chi connectivity index (χ1v) is 8.27. The quantitative estimate of drug-likeness (QED) is 0.682. The largest absolute Gasteiger partial charge is 0.261 e. The fourth-order valence-corrected chi connectivity index (χ4v) is 3.70. The SMILES string of the molecule is Cc1c2c(nn1-c1cncc(Br)c1)C(c1ccccc1)CC2. The van der Waals surface area contributed by atoms with Crippen molar-refractivity contribution in [3.8, 4) is 5.69 Å². The lowest BCUT2D eigenvalue weighted by Gasteiger charge is -2.10. The number of benzene rings is 1. The predicted molar refractivity (Wildman–Crippen MR) is 90.4 cm³/mol. The number of rotatable bonds is 2. The lowest BCUT2D eigenvalue weighted by Crippen LogP contribution is -2.04. The molecule has 0 amide bonds. The zero-order valence-electron chi connectivity index (χ0n) is 12.3. The summed E-state index contributed by atoms with van der Waals surface area (Å²) in [7, 11) is 0. The molecule has 4 rings (SSSR count). The van der Waals surface area contributed by atoms with E-state index >= 15 is 0 Å². The molecule has 0 bridgehead atoms. The first-order chi connectivity index (χ1) is 10.7. The van der Waals surface area contributed by atoms with Crippen molar-refractivity contribution in [2.45, 2.75) is 25.7 Å². The zero-order valence-corrected chi connectivity index (χ0v) is 13.9. The average Bonchev–Trinajstić information content (AvgIpc) is 3.09. The van der Waals surface area contributed by atoms with Crippen LogP contribution in [0.1, 0.15) is 34.9 Å². The highest BCUT2D eigenvalue weighted by Crippen LogP contribution is 2.39. The van der Waals surface area contributed by atoms with Crippen molar-refractivity contribution in [2.24, 2.45) is 0 Å². The van der Waals surface area contributed by atoms with E-state index in [0.717, 1.165) is 23.0 Å². The molecule has 0 radical (unpaired) electrons. The van der Waals surface area contributed by atoms with Crippen LogP contribution < -0.4 is 0 Å². The standard InChI is InChI=1S/C18H16BrN3/c1-12-16-7-8-17(13-5-3-2-4-6-13)18(16)21-22(12)15-9-14(19)10-20-11-15/h2-6,9-11,17H,7-8H2,1H3. The second-order valence-corrected chi connectivity index (χ2v) is 6.64. The summed E-state index contributed by atoms with van der Waals surface area (Å²) in [6.45, 7) is 2.15.